The van der Waals surface area contributed by atoms with Crippen molar-refractivity contribution in [1.29, 1.82) is 5.41 Å². The summed E-state index contributed by atoms with van der Waals surface area (Å²) < 4.78 is 1.44. The number of aliphatic hydroxyl groups excluding tert-OH is 1. The van der Waals surface area contributed by atoms with Crippen LogP contribution in [0.5, 0.6) is 0 Å². The summed E-state index contributed by atoms with van der Waals surface area (Å²) in [5, 5.41) is 30.9. The normalized spacial score (nSPS) is 11.7. The van der Waals surface area contributed by atoms with Gasteiger partial charge in [0.15, 0.2) is 10.8 Å². The smallest absolute Gasteiger partial charge is 0.203 e. The molecule has 2 aromatic heterocycles. The highest BCUT2D eigenvalue weighted by Crippen LogP contribution is 2.24. The zero-order chi connectivity index (χ0) is 14.1. The number of halogens is 1. The van der Waals surface area contributed by atoms with E-state index in [1.807, 2.05) is 24.3 Å². The molecule has 0 bridgehead atoms. The summed E-state index contributed by atoms with van der Waals surface area (Å²) >= 11 is 6.16. The molecule has 0 aliphatic heterocycles. The number of benzene rings is 1. The highest BCUT2D eigenvalue weighted by atomic mass is 35.5. The van der Waals surface area contributed by atoms with Gasteiger partial charge in [-0.05, 0) is 6.08 Å². The first-order valence-corrected chi connectivity index (χ1v) is 6.26. The molecule has 0 saturated carbocycles. The molecule has 0 aliphatic rings. The molecule has 0 aliphatic carbocycles. The van der Waals surface area contributed by atoms with Crippen LogP contribution >= 0.6 is 11.6 Å². The predicted molar refractivity (Wildman–Crippen MR) is 76.4 cm³/mol. The van der Waals surface area contributed by atoms with Crippen molar-refractivity contribution in [2.24, 2.45) is 0 Å². The van der Waals surface area contributed by atoms with Gasteiger partial charge in [0.05, 0.1) is 6.61 Å². The van der Waals surface area contributed by atoms with E-state index in [1.165, 1.54) is 16.7 Å². The molecular weight excluding hydrogens is 278 g/mol. The van der Waals surface area contributed by atoms with Crippen molar-refractivity contribution >= 4 is 33.7 Å². The first-order valence-electron chi connectivity index (χ1n) is 5.88. The molecule has 1 aromatic carbocycles. The van der Waals surface area contributed by atoms with Crippen LogP contribution in [0.25, 0.3) is 16.4 Å². The summed E-state index contributed by atoms with van der Waals surface area (Å²) in [6, 6.07) is 7.49. The fourth-order valence-corrected chi connectivity index (χ4v) is 2.20. The summed E-state index contributed by atoms with van der Waals surface area (Å²) in [6.45, 7) is -0.143. The number of hydrogen-bond acceptors (Lipinski definition) is 5. The van der Waals surface area contributed by atoms with Crippen LogP contribution in [0.2, 0.25) is 5.15 Å². The average molecular weight is 288 g/mol. The van der Waals surface area contributed by atoms with Crippen LogP contribution in [0.1, 0.15) is 5.82 Å². The Bertz CT molecular complexity index is 839. The number of allylic oxidation sites excluding steroid dienone is 1. The Balaban J connectivity index is 2.28. The molecule has 0 spiro atoms. The number of nitrogens with one attached hydrogen (secondary N) is 1. The van der Waals surface area contributed by atoms with Gasteiger partial charge in [-0.15, -0.1) is 10.2 Å². The van der Waals surface area contributed by atoms with Crippen molar-refractivity contribution < 1.29 is 5.11 Å². The number of nitrogens with zero attached hydrogens (tertiary/aromatic N) is 4. The SMILES string of the molecule is N=C(C=CCO)c1nnc2c3ccccc3c(Cl)nn12. The molecule has 20 heavy (non-hydrogen) atoms. The van der Waals surface area contributed by atoms with Gasteiger partial charge in [-0.25, -0.2) is 0 Å². The maximum absolute atomic E-state index is 8.75. The topological polar surface area (TPSA) is 87.2 Å². The van der Waals surface area contributed by atoms with Crippen LogP contribution in [0, 0.1) is 5.41 Å². The predicted octanol–water partition coefficient (Wildman–Crippen LogP) is 1.85. The van der Waals surface area contributed by atoms with Gasteiger partial charge in [0.2, 0.25) is 5.82 Å². The monoisotopic (exact) mass is 287 g/mol. The van der Waals surface area contributed by atoms with Gasteiger partial charge >= 0.3 is 0 Å². The second kappa shape index (κ2) is 4.99. The highest BCUT2D eigenvalue weighted by Gasteiger charge is 2.14. The number of hydrogen-bond donors (Lipinski definition) is 2. The van der Waals surface area contributed by atoms with Gasteiger partial charge in [-0.2, -0.15) is 9.61 Å². The molecule has 100 valence electrons. The largest absolute Gasteiger partial charge is 0.392 e. The Kier molecular flexibility index (Phi) is 3.17. The minimum absolute atomic E-state index is 0.102. The fraction of sp³-hybridized carbons (Fsp3) is 0.0769. The maximum atomic E-state index is 8.75. The van der Waals surface area contributed by atoms with E-state index in [2.05, 4.69) is 15.3 Å². The molecule has 0 amide bonds. The minimum atomic E-state index is -0.143. The molecule has 0 unspecified atom stereocenters. The Labute approximate surface area is 118 Å². The molecule has 2 heterocycles. The highest BCUT2D eigenvalue weighted by molar-refractivity contribution is 6.34. The van der Waals surface area contributed by atoms with Crippen molar-refractivity contribution in [3.05, 3.63) is 47.4 Å². The lowest BCUT2D eigenvalue weighted by atomic mass is 10.2. The number of aromatic nitrogens is 4. The van der Waals surface area contributed by atoms with Gasteiger partial charge in [-0.3, -0.25) is 5.41 Å². The minimum Gasteiger partial charge on any atom is -0.392 e. The van der Waals surface area contributed by atoms with Crippen molar-refractivity contribution in [1.82, 2.24) is 19.8 Å². The van der Waals surface area contributed by atoms with E-state index in [1.54, 1.807) is 0 Å². The summed E-state index contributed by atoms with van der Waals surface area (Å²) in [7, 11) is 0. The lowest BCUT2D eigenvalue weighted by Gasteiger charge is -2.02. The zero-order valence-corrected chi connectivity index (χ0v) is 11.0. The van der Waals surface area contributed by atoms with Gasteiger partial charge < -0.3 is 5.11 Å². The Morgan fingerprint density at radius 2 is 2.05 bits per heavy atom. The van der Waals surface area contributed by atoms with Gasteiger partial charge in [0.25, 0.3) is 0 Å². The number of rotatable bonds is 3. The molecule has 3 aromatic rings. The number of fused-ring (bicyclic) bond motifs is 3. The molecule has 0 saturated heterocycles. The third-order valence-corrected chi connectivity index (χ3v) is 3.13. The van der Waals surface area contributed by atoms with Gasteiger partial charge in [0.1, 0.15) is 5.71 Å². The van der Waals surface area contributed by atoms with Crippen LogP contribution in [0.3, 0.4) is 0 Å². The molecule has 2 N–H and O–H groups in total. The van der Waals surface area contributed by atoms with E-state index in [-0.39, 0.29) is 18.1 Å². The Morgan fingerprint density at radius 1 is 1.30 bits per heavy atom. The molecule has 3 rings (SSSR count). The Hall–Kier alpha value is -2.31. The molecule has 0 radical (unpaired) electrons. The fourth-order valence-electron chi connectivity index (χ4n) is 1.96. The second-order valence-electron chi connectivity index (χ2n) is 4.09. The van der Waals surface area contributed by atoms with E-state index < -0.39 is 0 Å². The van der Waals surface area contributed by atoms with Gasteiger partial charge in [-0.1, -0.05) is 41.9 Å². The van der Waals surface area contributed by atoms with E-state index in [4.69, 9.17) is 22.1 Å². The molecule has 0 fully saturated rings. The molecular formula is C13H10ClN5O. The molecule has 6 nitrogen and oxygen atoms in total. The third kappa shape index (κ3) is 1.95. The van der Waals surface area contributed by atoms with E-state index in [9.17, 15) is 0 Å². The summed E-state index contributed by atoms with van der Waals surface area (Å²) in [4.78, 5) is 0. The second-order valence-corrected chi connectivity index (χ2v) is 4.45. The average Bonchev–Trinajstić information content (AvgIpc) is 2.89. The lowest BCUT2D eigenvalue weighted by molar-refractivity contribution is 0.343. The van der Waals surface area contributed by atoms with E-state index in [0.717, 1.165) is 10.8 Å². The lowest BCUT2D eigenvalue weighted by Crippen LogP contribution is -2.05. The number of aliphatic hydroxyl groups is 1. The van der Waals surface area contributed by atoms with Crippen molar-refractivity contribution in [2.45, 2.75) is 0 Å². The standard InChI is InChI=1S/C13H10ClN5O/c14-11-8-4-1-2-5-9(8)12-16-17-13(19(12)18-11)10(15)6-3-7-20/h1-6,15,20H,7H2. The zero-order valence-electron chi connectivity index (χ0n) is 10.3. The van der Waals surface area contributed by atoms with Crippen LogP contribution in [-0.4, -0.2) is 37.2 Å². The van der Waals surface area contributed by atoms with E-state index >= 15 is 0 Å². The van der Waals surface area contributed by atoms with Crippen LogP contribution in [-0.2, 0) is 0 Å². The van der Waals surface area contributed by atoms with Crippen molar-refractivity contribution in [3.8, 4) is 0 Å². The van der Waals surface area contributed by atoms with Gasteiger partial charge in [0, 0.05) is 10.8 Å². The van der Waals surface area contributed by atoms with E-state index in [0.29, 0.717) is 10.8 Å². The summed E-state index contributed by atoms with van der Waals surface area (Å²) in [5.41, 5.74) is 0.646. The third-order valence-electron chi connectivity index (χ3n) is 2.85. The van der Waals surface area contributed by atoms with Crippen molar-refractivity contribution in [3.63, 3.8) is 0 Å². The molecule has 0 atom stereocenters. The molecule has 7 heteroatoms. The summed E-state index contributed by atoms with van der Waals surface area (Å²) in [6.07, 6.45) is 2.90. The van der Waals surface area contributed by atoms with Crippen LogP contribution in [0.4, 0.5) is 0 Å². The maximum Gasteiger partial charge on any atom is 0.203 e. The van der Waals surface area contributed by atoms with Crippen molar-refractivity contribution in [2.75, 3.05) is 6.61 Å². The first-order chi connectivity index (χ1) is 9.72. The quantitative estimate of drug-likeness (QED) is 0.720. The Morgan fingerprint density at radius 3 is 2.80 bits per heavy atom. The van der Waals surface area contributed by atoms with Crippen LogP contribution < -0.4 is 0 Å². The van der Waals surface area contributed by atoms with Crippen LogP contribution in [0.15, 0.2) is 36.4 Å². The first kappa shape index (κ1) is 12.7. The summed E-state index contributed by atoms with van der Waals surface area (Å²) in [5.74, 6) is 0.275.